The lowest BCUT2D eigenvalue weighted by Crippen LogP contribution is -2.14. The summed E-state index contributed by atoms with van der Waals surface area (Å²) in [6.45, 7) is 2.32. The third kappa shape index (κ3) is 2.60. The number of nitrogen functional groups attached to an aromatic ring is 1. The monoisotopic (exact) mass is 246 g/mol. The van der Waals surface area contributed by atoms with Crippen LogP contribution in [0, 0.1) is 6.92 Å². The first kappa shape index (κ1) is 12.0. The van der Waals surface area contributed by atoms with E-state index in [1.54, 1.807) is 18.2 Å². The van der Waals surface area contributed by atoms with E-state index in [2.05, 4.69) is 10.5 Å². The number of primary amides is 1. The van der Waals surface area contributed by atoms with E-state index in [1.165, 1.54) is 0 Å². The molecule has 5 N–H and O–H groups in total. The lowest BCUT2D eigenvalue weighted by atomic mass is 10.1. The van der Waals surface area contributed by atoms with E-state index in [0.717, 1.165) is 17.1 Å². The van der Waals surface area contributed by atoms with Gasteiger partial charge in [0.25, 0.3) is 5.91 Å². The first-order chi connectivity index (χ1) is 8.56. The van der Waals surface area contributed by atoms with Gasteiger partial charge in [0.15, 0.2) is 0 Å². The maximum atomic E-state index is 11.1. The van der Waals surface area contributed by atoms with Gasteiger partial charge in [-0.3, -0.25) is 4.79 Å². The number of amides is 1. The Morgan fingerprint density at radius 3 is 2.83 bits per heavy atom. The van der Waals surface area contributed by atoms with E-state index in [1.807, 2.05) is 13.0 Å². The molecule has 0 radical (unpaired) electrons. The average molecular weight is 246 g/mol. The summed E-state index contributed by atoms with van der Waals surface area (Å²) in [5.74, 6) is 0.204. The van der Waals surface area contributed by atoms with E-state index in [-0.39, 0.29) is 0 Å². The first-order valence-electron chi connectivity index (χ1n) is 5.41. The van der Waals surface area contributed by atoms with Crippen LogP contribution in [0.1, 0.15) is 21.8 Å². The Hall–Kier alpha value is -2.50. The van der Waals surface area contributed by atoms with Crippen LogP contribution in [0.3, 0.4) is 0 Å². The summed E-state index contributed by atoms with van der Waals surface area (Å²) in [5, 5.41) is 6.96. The van der Waals surface area contributed by atoms with Crippen LogP contribution >= 0.6 is 0 Å². The number of aromatic nitrogens is 1. The lowest BCUT2D eigenvalue weighted by molar-refractivity contribution is 0.100. The smallest absolute Gasteiger partial charge is 0.250 e. The number of aryl methyl sites for hydroxylation is 1. The summed E-state index contributed by atoms with van der Waals surface area (Å²) in [6, 6.07) is 6.86. The highest BCUT2D eigenvalue weighted by atomic mass is 16.5. The number of carbonyl (C=O) groups excluding carboxylic acids is 1. The molecule has 2 aromatic rings. The highest BCUT2D eigenvalue weighted by Gasteiger charge is 2.07. The van der Waals surface area contributed by atoms with Gasteiger partial charge in [0.2, 0.25) is 0 Å². The number of rotatable bonds is 4. The zero-order chi connectivity index (χ0) is 13.1. The predicted octanol–water partition coefficient (Wildman–Crippen LogP) is 1.28. The van der Waals surface area contributed by atoms with Crippen LogP contribution in [0.25, 0.3) is 0 Å². The molecular formula is C12H14N4O2. The van der Waals surface area contributed by atoms with Crippen molar-refractivity contribution in [3.63, 3.8) is 0 Å². The van der Waals surface area contributed by atoms with Crippen LogP contribution in [0.5, 0.6) is 0 Å². The zero-order valence-electron chi connectivity index (χ0n) is 9.93. The van der Waals surface area contributed by atoms with Crippen molar-refractivity contribution in [3.05, 3.63) is 41.3 Å². The van der Waals surface area contributed by atoms with Crippen LogP contribution < -0.4 is 16.8 Å². The number of carbonyl (C=O) groups is 1. The second-order valence-corrected chi connectivity index (χ2v) is 3.95. The topological polar surface area (TPSA) is 107 Å². The van der Waals surface area contributed by atoms with Gasteiger partial charge in [0.1, 0.15) is 11.5 Å². The Bertz CT molecular complexity index is 577. The molecule has 0 saturated carbocycles. The van der Waals surface area contributed by atoms with Gasteiger partial charge >= 0.3 is 0 Å². The molecule has 0 unspecified atom stereocenters. The highest BCUT2D eigenvalue weighted by molar-refractivity contribution is 5.98. The molecule has 6 heteroatoms. The second-order valence-electron chi connectivity index (χ2n) is 3.95. The van der Waals surface area contributed by atoms with Gasteiger partial charge < -0.3 is 21.3 Å². The molecule has 1 aromatic heterocycles. The SMILES string of the molecule is Cc1cc(CNc2ccc(N)c(C(N)=O)c2)no1. The number of hydrogen-bond acceptors (Lipinski definition) is 5. The summed E-state index contributed by atoms with van der Waals surface area (Å²) in [7, 11) is 0. The number of hydrogen-bond donors (Lipinski definition) is 3. The van der Waals surface area contributed by atoms with Crippen LogP contribution in [-0.4, -0.2) is 11.1 Å². The Kier molecular flexibility index (Phi) is 3.18. The van der Waals surface area contributed by atoms with Crippen molar-refractivity contribution < 1.29 is 9.32 Å². The van der Waals surface area contributed by atoms with Gasteiger partial charge in [-0.2, -0.15) is 0 Å². The number of anilines is 2. The minimum Gasteiger partial charge on any atom is -0.398 e. The van der Waals surface area contributed by atoms with Crippen molar-refractivity contribution in [2.75, 3.05) is 11.1 Å². The van der Waals surface area contributed by atoms with E-state index in [4.69, 9.17) is 16.0 Å². The standard InChI is InChI=1S/C12H14N4O2/c1-7-4-9(16-18-7)6-15-8-2-3-11(13)10(5-8)12(14)17/h2-5,15H,6,13H2,1H3,(H2,14,17). The van der Waals surface area contributed by atoms with Gasteiger partial charge in [0.05, 0.1) is 12.1 Å². The van der Waals surface area contributed by atoms with Crippen molar-refractivity contribution in [1.82, 2.24) is 5.16 Å². The molecule has 0 fully saturated rings. The summed E-state index contributed by atoms with van der Waals surface area (Å²) in [5.41, 5.74) is 13.1. The van der Waals surface area contributed by atoms with E-state index < -0.39 is 5.91 Å². The molecule has 1 amide bonds. The number of benzene rings is 1. The third-order valence-corrected chi connectivity index (χ3v) is 2.47. The second kappa shape index (κ2) is 4.79. The molecule has 0 aliphatic carbocycles. The Morgan fingerprint density at radius 2 is 2.22 bits per heavy atom. The summed E-state index contributed by atoms with van der Waals surface area (Å²) in [6.07, 6.45) is 0. The molecule has 0 atom stereocenters. The molecular weight excluding hydrogens is 232 g/mol. The molecule has 18 heavy (non-hydrogen) atoms. The molecule has 1 aromatic carbocycles. The molecule has 0 spiro atoms. The molecule has 0 saturated heterocycles. The minimum atomic E-state index is -0.548. The largest absolute Gasteiger partial charge is 0.398 e. The average Bonchev–Trinajstić information content (AvgIpc) is 2.74. The van der Waals surface area contributed by atoms with Crippen LogP contribution in [-0.2, 0) is 6.54 Å². The van der Waals surface area contributed by atoms with E-state index in [9.17, 15) is 4.79 Å². The summed E-state index contributed by atoms with van der Waals surface area (Å²) >= 11 is 0. The van der Waals surface area contributed by atoms with Gasteiger partial charge in [-0.05, 0) is 25.1 Å². The van der Waals surface area contributed by atoms with Crippen LogP contribution in [0.2, 0.25) is 0 Å². The number of nitrogens with two attached hydrogens (primary N) is 2. The molecule has 2 rings (SSSR count). The van der Waals surface area contributed by atoms with E-state index in [0.29, 0.717) is 17.8 Å². The van der Waals surface area contributed by atoms with Crippen LogP contribution in [0.4, 0.5) is 11.4 Å². The van der Waals surface area contributed by atoms with Crippen molar-refractivity contribution in [1.29, 1.82) is 0 Å². The quantitative estimate of drug-likeness (QED) is 0.704. The summed E-state index contributed by atoms with van der Waals surface area (Å²) in [4.78, 5) is 11.1. The highest BCUT2D eigenvalue weighted by Crippen LogP contribution is 2.18. The molecule has 0 aliphatic rings. The van der Waals surface area contributed by atoms with Crippen molar-refractivity contribution in [2.45, 2.75) is 13.5 Å². The Labute approximate surface area is 104 Å². The third-order valence-electron chi connectivity index (χ3n) is 2.47. The number of nitrogens with one attached hydrogen (secondary N) is 1. The maximum absolute atomic E-state index is 11.1. The van der Waals surface area contributed by atoms with E-state index >= 15 is 0 Å². The first-order valence-corrected chi connectivity index (χ1v) is 5.41. The molecule has 0 aliphatic heterocycles. The predicted molar refractivity (Wildman–Crippen MR) is 67.9 cm³/mol. The fraction of sp³-hybridized carbons (Fsp3) is 0.167. The molecule has 0 bridgehead atoms. The number of nitrogens with zero attached hydrogens (tertiary/aromatic N) is 1. The van der Waals surface area contributed by atoms with Gasteiger partial charge in [-0.25, -0.2) is 0 Å². The maximum Gasteiger partial charge on any atom is 0.250 e. The minimum absolute atomic E-state index is 0.302. The molecule has 94 valence electrons. The van der Waals surface area contributed by atoms with Gasteiger partial charge in [0, 0.05) is 17.4 Å². The Balaban J connectivity index is 2.10. The van der Waals surface area contributed by atoms with Crippen molar-refractivity contribution >= 4 is 17.3 Å². The fourth-order valence-electron chi connectivity index (χ4n) is 1.57. The fourth-order valence-corrected chi connectivity index (χ4v) is 1.57. The zero-order valence-corrected chi connectivity index (χ0v) is 9.93. The van der Waals surface area contributed by atoms with Crippen LogP contribution in [0.15, 0.2) is 28.8 Å². The summed E-state index contributed by atoms with van der Waals surface area (Å²) < 4.78 is 4.95. The lowest BCUT2D eigenvalue weighted by Gasteiger charge is -2.07. The normalized spacial score (nSPS) is 10.3. The van der Waals surface area contributed by atoms with Gasteiger partial charge in [-0.1, -0.05) is 5.16 Å². The van der Waals surface area contributed by atoms with Crippen molar-refractivity contribution in [3.8, 4) is 0 Å². The molecule has 1 heterocycles. The Morgan fingerprint density at radius 1 is 1.44 bits per heavy atom. The van der Waals surface area contributed by atoms with Crippen molar-refractivity contribution in [2.24, 2.45) is 5.73 Å². The molecule has 6 nitrogen and oxygen atoms in total. The van der Waals surface area contributed by atoms with Gasteiger partial charge in [-0.15, -0.1) is 0 Å².